The number of anilines is 2. The summed E-state index contributed by atoms with van der Waals surface area (Å²) in [6.45, 7) is 0.251. The van der Waals surface area contributed by atoms with Gasteiger partial charge >= 0.3 is 12.8 Å². The van der Waals surface area contributed by atoms with Crippen molar-refractivity contribution in [2.75, 3.05) is 11.1 Å². The van der Waals surface area contributed by atoms with Crippen LogP contribution in [0.25, 0.3) is 0 Å². The maximum atomic E-state index is 12.7. The van der Waals surface area contributed by atoms with Crippen LogP contribution >= 0.6 is 0 Å². The molecule has 11 heteroatoms. The van der Waals surface area contributed by atoms with E-state index in [2.05, 4.69) is 25.0 Å². The first-order valence-electron chi connectivity index (χ1n) is 6.97. The van der Waals surface area contributed by atoms with E-state index in [4.69, 9.17) is 5.73 Å². The minimum absolute atomic E-state index is 0.00899. The molecule has 0 saturated carbocycles. The van der Waals surface area contributed by atoms with E-state index in [0.29, 0.717) is 11.1 Å². The van der Waals surface area contributed by atoms with Gasteiger partial charge in [-0.2, -0.15) is 36.9 Å². The van der Waals surface area contributed by atoms with Crippen molar-refractivity contribution in [3.8, 4) is 5.75 Å². The number of alkyl halides is 5. The highest BCUT2D eigenvalue weighted by Gasteiger charge is 2.35. The lowest BCUT2D eigenvalue weighted by molar-refractivity contribution is -0.144. The van der Waals surface area contributed by atoms with E-state index >= 15 is 0 Å². The number of nitrogens with one attached hydrogen (secondary N) is 1. The number of nitrogen functional groups attached to an aromatic ring is 1. The number of rotatable bonds is 5. The first-order chi connectivity index (χ1) is 11.6. The summed E-state index contributed by atoms with van der Waals surface area (Å²) in [5.74, 6) is -2.33. The number of hydrogen-bond donors (Lipinski definition) is 2. The summed E-state index contributed by atoms with van der Waals surface area (Å²) >= 11 is 0. The van der Waals surface area contributed by atoms with Crippen LogP contribution in [0.4, 0.5) is 33.8 Å². The molecule has 1 heterocycles. The second-order valence-electron chi connectivity index (χ2n) is 5.11. The lowest BCUT2D eigenvalue weighted by Gasteiger charge is -2.17. The van der Waals surface area contributed by atoms with Crippen LogP contribution in [0, 0.1) is 6.92 Å². The molecule has 1 atom stereocenters. The number of aryl methyl sites for hydroxylation is 1. The van der Waals surface area contributed by atoms with Crippen LogP contribution in [0.3, 0.4) is 0 Å². The normalized spacial score (nSPS) is 13.0. The van der Waals surface area contributed by atoms with E-state index in [1.54, 1.807) is 19.9 Å². The lowest BCUT2D eigenvalue weighted by atomic mass is 10.1. The summed E-state index contributed by atoms with van der Waals surface area (Å²) in [5.41, 5.74) is 6.32. The van der Waals surface area contributed by atoms with Gasteiger partial charge < -0.3 is 15.8 Å². The van der Waals surface area contributed by atoms with E-state index in [1.165, 1.54) is 12.1 Å². The van der Waals surface area contributed by atoms with Gasteiger partial charge in [0.25, 0.3) is 0 Å². The Morgan fingerprint density at radius 3 is 2.40 bits per heavy atom. The van der Waals surface area contributed by atoms with Gasteiger partial charge in [-0.25, -0.2) is 0 Å². The van der Waals surface area contributed by atoms with E-state index in [-0.39, 0.29) is 11.7 Å². The molecule has 0 amide bonds. The largest absolute Gasteiger partial charge is 0.451 e. The van der Waals surface area contributed by atoms with Gasteiger partial charge in [-0.15, -0.1) is 0 Å². The smallest absolute Gasteiger partial charge is 0.435 e. The minimum Gasteiger partial charge on any atom is -0.435 e. The van der Waals surface area contributed by atoms with Crippen molar-refractivity contribution < 1.29 is 26.7 Å². The first-order valence-corrected chi connectivity index (χ1v) is 6.97. The molecule has 1 unspecified atom stereocenters. The average molecular weight is 363 g/mol. The van der Waals surface area contributed by atoms with Crippen molar-refractivity contribution in [1.82, 2.24) is 15.0 Å². The summed E-state index contributed by atoms with van der Waals surface area (Å²) in [6, 6.07) is 3.88. The molecule has 0 bridgehead atoms. The summed E-state index contributed by atoms with van der Waals surface area (Å²) in [7, 11) is 0. The molecule has 1 aromatic heterocycles. The molecule has 0 spiro atoms. The van der Waals surface area contributed by atoms with Crippen LogP contribution in [-0.2, 0) is 6.18 Å². The highest BCUT2D eigenvalue weighted by atomic mass is 19.4. The fraction of sp³-hybridized carbons (Fsp3) is 0.357. The molecule has 6 nitrogen and oxygen atoms in total. The Labute approximate surface area is 139 Å². The molecule has 0 saturated heterocycles. The zero-order chi connectivity index (χ0) is 18.8. The Bertz CT molecular complexity index is 753. The first kappa shape index (κ1) is 18.6. The molecule has 2 aromatic rings. The molecule has 1 aromatic carbocycles. The standard InChI is InChI=1S/C14H14F5N5O/c1-6-5-8(3-4-9(6)25-11(15)16)7(2)21-13-23-10(14(17,18)19)22-12(20)24-13/h3-5,7,11H,1-2H3,(H3,20,21,22,23,24). The second-order valence-corrected chi connectivity index (χ2v) is 5.11. The van der Waals surface area contributed by atoms with Gasteiger partial charge in [-0.3, -0.25) is 0 Å². The molecular formula is C14H14F5N5O. The van der Waals surface area contributed by atoms with Crippen LogP contribution in [0.15, 0.2) is 18.2 Å². The monoisotopic (exact) mass is 363 g/mol. The molecule has 0 aliphatic carbocycles. The molecule has 0 radical (unpaired) electrons. The summed E-state index contributed by atoms with van der Waals surface area (Å²) in [6.07, 6.45) is -4.76. The number of ether oxygens (including phenoxy) is 1. The third-order valence-corrected chi connectivity index (χ3v) is 3.17. The molecule has 3 N–H and O–H groups in total. The van der Waals surface area contributed by atoms with Gasteiger partial charge in [-0.05, 0) is 31.0 Å². The third-order valence-electron chi connectivity index (χ3n) is 3.17. The molecule has 0 aliphatic heterocycles. The molecule has 2 rings (SSSR count). The Morgan fingerprint density at radius 1 is 1.16 bits per heavy atom. The molecule has 0 aliphatic rings. The van der Waals surface area contributed by atoms with Crippen LogP contribution < -0.4 is 15.8 Å². The number of aromatic nitrogens is 3. The van der Waals surface area contributed by atoms with Crippen molar-refractivity contribution >= 4 is 11.9 Å². The Balaban J connectivity index is 2.21. The topological polar surface area (TPSA) is 86.0 Å². The predicted molar refractivity (Wildman–Crippen MR) is 79.1 cm³/mol. The van der Waals surface area contributed by atoms with Gasteiger partial charge in [0, 0.05) is 0 Å². The number of benzene rings is 1. The number of halogens is 5. The quantitative estimate of drug-likeness (QED) is 0.790. The van der Waals surface area contributed by atoms with E-state index in [9.17, 15) is 22.0 Å². The summed E-state index contributed by atoms with van der Waals surface area (Å²) in [5, 5.41) is 2.67. The molecular weight excluding hydrogens is 349 g/mol. The van der Waals surface area contributed by atoms with Gasteiger partial charge in [0.15, 0.2) is 0 Å². The van der Waals surface area contributed by atoms with Gasteiger partial charge in [-0.1, -0.05) is 12.1 Å². The number of nitrogens with two attached hydrogens (primary N) is 1. The van der Waals surface area contributed by atoms with Gasteiger partial charge in [0.05, 0.1) is 6.04 Å². The summed E-state index contributed by atoms with van der Waals surface area (Å²) < 4.78 is 67.0. The Morgan fingerprint density at radius 2 is 1.84 bits per heavy atom. The summed E-state index contributed by atoms with van der Waals surface area (Å²) in [4.78, 5) is 9.94. The third kappa shape index (κ3) is 4.88. The van der Waals surface area contributed by atoms with Crippen molar-refractivity contribution in [2.45, 2.75) is 32.7 Å². The van der Waals surface area contributed by atoms with E-state index in [0.717, 1.165) is 0 Å². The van der Waals surface area contributed by atoms with Crippen LogP contribution in [-0.4, -0.2) is 21.6 Å². The van der Waals surface area contributed by atoms with Gasteiger partial charge in [0.2, 0.25) is 17.7 Å². The van der Waals surface area contributed by atoms with Crippen LogP contribution in [0.1, 0.15) is 29.9 Å². The fourth-order valence-corrected chi connectivity index (χ4v) is 2.03. The molecule has 25 heavy (non-hydrogen) atoms. The highest BCUT2D eigenvalue weighted by molar-refractivity contribution is 5.41. The fourth-order valence-electron chi connectivity index (χ4n) is 2.03. The minimum atomic E-state index is -4.76. The maximum absolute atomic E-state index is 12.7. The maximum Gasteiger partial charge on any atom is 0.451 e. The molecule has 0 fully saturated rings. The second kappa shape index (κ2) is 7.03. The van der Waals surface area contributed by atoms with Crippen molar-refractivity contribution in [3.05, 3.63) is 35.2 Å². The highest BCUT2D eigenvalue weighted by Crippen LogP contribution is 2.28. The van der Waals surface area contributed by atoms with E-state index < -0.39 is 30.6 Å². The average Bonchev–Trinajstić information content (AvgIpc) is 2.47. The van der Waals surface area contributed by atoms with Crippen molar-refractivity contribution in [3.63, 3.8) is 0 Å². The van der Waals surface area contributed by atoms with Crippen molar-refractivity contribution in [2.24, 2.45) is 0 Å². The van der Waals surface area contributed by atoms with Crippen LogP contribution in [0.5, 0.6) is 5.75 Å². The zero-order valence-corrected chi connectivity index (χ0v) is 13.1. The number of hydrogen-bond acceptors (Lipinski definition) is 6. The Hall–Kier alpha value is -2.72. The van der Waals surface area contributed by atoms with Gasteiger partial charge in [0.1, 0.15) is 5.75 Å². The van der Waals surface area contributed by atoms with Crippen molar-refractivity contribution in [1.29, 1.82) is 0 Å². The number of nitrogens with zero attached hydrogens (tertiary/aromatic N) is 3. The predicted octanol–water partition coefficient (Wildman–Crippen LogP) is 3.56. The molecule has 136 valence electrons. The van der Waals surface area contributed by atoms with E-state index in [1.807, 2.05) is 0 Å². The van der Waals surface area contributed by atoms with Crippen LogP contribution in [0.2, 0.25) is 0 Å². The lowest BCUT2D eigenvalue weighted by Crippen LogP contribution is -2.17. The SMILES string of the molecule is Cc1cc(C(C)Nc2nc(N)nc(C(F)(F)F)n2)ccc1OC(F)F. The zero-order valence-electron chi connectivity index (χ0n) is 13.1. The Kier molecular flexibility index (Phi) is 5.24.